The summed E-state index contributed by atoms with van der Waals surface area (Å²) in [5, 5.41) is 5.69. The first kappa shape index (κ1) is 19.2. The Labute approximate surface area is 188 Å². The van der Waals surface area contributed by atoms with Crippen molar-refractivity contribution in [3.63, 3.8) is 0 Å². The zero-order chi connectivity index (χ0) is 21.5. The molecule has 0 spiro atoms. The molecule has 6 nitrogen and oxygen atoms in total. The van der Waals surface area contributed by atoms with E-state index in [0.29, 0.717) is 0 Å². The average Bonchev–Trinajstić information content (AvgIpc) is 3.52. The van der Waals surface area contributed by atoms with Crippen LogP contribution in [0.25, 0.3) is 16.2 Å². The topological polar surface area (TPSA) is 51.2 Å². The second-order valence-corrected chi connectivity index (χ2v) is 8.92. The van der Waals surface area contributed by atoms with E-state index in [1.165, 1.54) is 23.4 Å². The van der Waals surface area contributed by atoms with Crippen molar-refractivity contribution in [1.29, 1.82) is 0 Å². The van der Waals surface area contributed by atoms with Crippen LogP contribution >= 0.6 is 11.3 Å². The number of fused-ring (bicyclic) bond motifs is 2. The maximum absolute atomic E-state index is 13.2. The highest BCUT2D eigenvalue weighted by Crippen LogP contribution is 2.30. The average molecular weight is 445 g/mol. The number of hydrogen-bond acceptors (Lipinski definition) is 5. The largest absolute Gasteiger partial charge is 0.340 e. The standard InChI is InChI=1S/C24H21FN6S/c25-19-8-6-18(7-9-19)20-15-31-23(27-20)32-24(28-31)29-13-11-22-21(14-29)26-16-30(22)12-10-17-4-2-1-3-5-17/h1-9,15-16H,10-14H2. The predicted molar refractivity (Wildman–Crippen MR) is 123 cm³/mol. The fraction of sp³-hybridized carbons (Fsp3) is 0.208. The summed E-state index contributed by atoms with van der Waals surface area (Å²) in [5.74, 6) is -0.248. The summed E-state index contributed by atoms with van der Waals surface area (Å²) >= 11 is 1.57. The molecule has 0 bridgehead atoms. The highest BCUT2D eigenvalue weighted by atomic mass is 32.1. The van der Waals surface area contributed by atoms with Gasteiger partial charge in [0.25, 0.3) is 0 Å². The third-order valence-electron chi connectivity index (χ3n) is 5.92. The van der Waals surface area contributed by atoms with Crippen molar-refractivity contribution in [2.75, 3.05) is 11.4 Å². The summed E-state index contributed by atoms with van der Waals surface area (Å²) < 4.78 is 17.3. The smallest absolute Gasteiger partial charge is 0.214 e. The number of aryl methyl sites for hydroxylation is 2. The monoisotopic (exact) mass is 444 g/mol. The van der Waals surface area contributed by atoms with E-state index in [4.69, 9.17) is 10.1 Å². The van der Waals surface area contributed by atoms with Crippen LogP contribution in [0, 0.1) is 5.82 Å². The van der Waals surface area contributed by atoms with Crippen LogP contribution in [0.15, 0.2) is 67.1 Å². The second kappa shape index (κ2) is 7.87. The summed E-state index contributed by atoms with van der Waals surface area (Å²) in [6.45, 7) is 2.62. The Morgan fingerprint density at radius 3 is 2.69 bits per heavy atom. The minimum atomic E-state index is -0.248. The number of rotatable bonds is 5. The number of hydrogen-bond donors (Lipinski definition) is 0. The summed E-state index contributed by atoms with van der Waals surface area (Å²) in [7, 11) is 0. The first-order valence-corrected chi connectivity index (χ1v) is 11.5. The van der Waals surface area contributed by atoms with E-state index in [-0.39, 0.29) is 5.82 Å². The lowest BCUT2D eigenvalue weighted by Crippen LogP contribution is -2.31. The Morgan fingerprint density at radius 1 is 1.03 bits per heavy atom. The van der Waals surface area contributed by atoms with Gasteiger partial charge in [-0.2, -0.15) is 0 Å². The van der Waals surface area contributed by atoms with Crippen molar-refractivity contribution >= 4 is 21.4 Å². The molecular weight excluding hydrogens is 423 g/mol. The predicted octanol–water partition coefficient (Wildman–Crippen LogP) is 4.60. The fourth-order valence-corrected chi connectivity index (χ4v) is 5.11. The molecule has 1 aliphatic rings. The van der Waals surface area contributed by atoms with Crippen LogP contribution in [0.5, 0.6) is 0 Å². The molecule has 0 radical (unpaired) electrons. The minimum absolute atomic E-state index is 0.248. The van der Waals surface area contributed by atoms with Crippen LogP contribution < -0.4 is 4.90 Å². The molecule has 8 heteroatoms. The van der Waals surface area contributed by atoms with Crippen LogP contribution in [0.3, 0.4) is 0 Å². The first-order valence-electron chi connectivity index (χ1n) is 10.7. The molecule has 0 saturated heterocycles. The lowest BCUT2D eigenvalue weighted by atomic mass is 10.1. The SMILES string of the molecule is Fc1ccc(-c2cn3nc(N4CCc5c(ncn5CCc5ccccc5)C4)sc3n2)cc1. The van der Waals surface area contributed by atoms with Gasteiger partial charge in [-0.3, -0.25) is 0 Å². The van der Waals surface area contributed by atoms with Gasteiger partial charge < -0.3 is 9.47 Å². The van der Waals surface area contributed by atoms with E-state index >= 15 is 0 Å². The highest BCUT2D eigenvalue weighted by Gasteiger charge is 2.24. The van der Waals surface area contributed by atoms with Crippen LogP contribution in [0.1, 0.15) is 17.0 Å². The molecule has 0 N–H and O–H groups in total. The van der Waals surface area contributed by atoms with Crippen molar-refractivity contribution in [3.8, 4) is 11.3 Å². The van der Waals surface area contributed by atoms with Crippen molar-refractivity contribution < 1.29 is 4.39 Å². The Balaban J connectivity index is 1.17. The van der Waals surface area contributed by atoms with Gasteiger partial charge in [-0.1, -0.05) is 41.7 Å². The van der Waals surface area contributed by atoms with Gasteiger partial charge in [0.1, 0.15) is 5.82 Å². The highest BCUT2D eigenvalue weighted by molar-refractivity contribution is 7.20. The summed E-state index contributed by atoms with van der Waals surface area (Å²) in [4.78, 5) is 12.5. The molecule has 0 atom stereocenters. The number of aromatic nitrogens is 5. The van der Waals surface area contributed by atoms with Gasteiger partial charge in [-0.25, -0.2) is 18.9 Å². The summed E-state index contributed by atoms with van der Waals surface area (Å²) in [6.07, 6.45) is 5.83. The van der Waals surface area contributed by atoms with Crippen LogP contribution in [0.4, 0.5) is 9.52 Å². The van der Waals surface area contributed by atoms with Crippen molar-refractivity contribution in [1.82, 2.24) is 24.1 Å². The quantitative estimate of drug-likeness (QED) is 0.398. The van der Waals surface area contributed by atoms with Gasteiger partial charge in [-0.15, -0.1) is 5.10 Å². The third kappa shape index (κ3) is 3.56. The molecule has 2 aromatic carbocycles. The van der Waals surface area contributed by atoms with Gasteiger partial charge in [0.15, 0.2) is 0 Å². The molecule has 0 saturated carbocycles. The Bertz CT molecular complexity index is 1340. The molecule has 0 fully saturated rings. The first-order chi connectivity index (χ1) is 15.7. The zero-order valence-electron chi connectivity index (χ0n) is 17.4. The molecule has 32 heavy (non-hydrogen) atoms. The number of nitrogens with zero attached hydrogens (tertiary/aromatic N) is 6. The third-order valence-corrected chi connectivity index (χ3v) is 6.90. The fourth-order valence-electron chi connectivity index (χ4n) is 4.20. The van der Waals surface area contributed by atoms with E-state index in [2.05, 4.69) is 44.8 Å². The Kier molecular flexibility index (Phi) is 4.72. The summed E-state index contributed by atoms with van der Waals surface area (Å²) in [5.41, 5.74) is 5.49. The van der Waals surface area contributed by atoms with Crippen molar-refractivity contribution in [2.45, 2.75) is 25.9 Å². The van der Waals surface area contributed by atoms with Crippen LogP contribution in [-0.2, 0) is 25.9 Å². The molecule has 1 aliphatic heterocycles. The number of benzene rings is 2. The number of anilines is 1. The van der Waals surface area contributed by atoms with Gasteiger partial charge >= 0.3 is 0 Å². The normalized spacial score (nSPS) is 13.6. The van der Waals surface area contributed by atoms with E-state index < -0.39 is 0 Å². The molecule has 160 valence electrons. The Morgan fingerprint density at radius 2 is 1.88 bits per heavy atom. The maximum atomic E-state index is 13.2. The van der Waals surface area contributed by atoms with Gasteiger partial charge in [0, 0.05) is 30.8 Å². The van der Waals surface area contributed by atoms with Crippen LogP contribution in [-0.4, -0.2) is 30.7 Å². The van der Waals surface area contributed by atoms with Crippen LogP contribution in [0.2, 0.25) is 0 Å². The maximum Gasteiger partial charge on any atom is 0.214 e. The molecule has 3 aromatic heterocycles. The lowest BCUT2D eigenvalue weighted by Gasteiger charge is -2.26. The molecule has 5 aromatic rings. The molecule has 0 unspecified atom stereocenters. The number of halogens is 1. The second-order valence-electron chi connectivity index (χ2n) is 7.98. The summed E-state index contributed by atoms with van der Waals surface area (Å²) in [6, 6.07) is 16.9. The Hall–Kier alpha value is -3.52. The molecular formula is C24H21FN6S. The van der Waals surface area contributed by atoms with Gasteiger partial charge in [-0.05, 0) is 36.2 Å². The van der Waals surface area contributed by atoms with Gasteiger partial charge in [0.05, 0.1) is 30.5 Å². The lowest BCUT2D eigenvalue weighted by molar-refractivity contribution is 0.623. The number of imidazole rings is 2. The van der Waals surface area contributed by atoms with Crippen molar-refractivity contribution in [3.05, 3.63) is 89.9 Å². The molecule has 6 rings (SSSR count). The van der Waals surface area contributed by atoms with E-state index in [1.807, 2.05) is 17.0 Å². The van der Waals surface area contributed by atoms with Gasteiger partial charge in [0.2, 0.25) is 10.1 Å². The molecule has 0 aliphatic carbocycles. The zero-order valence-corrected chi connectivity index (χ0v) is 18.2. The molecule has 4 heterocycles. The minimum Gasteiger partial charge on any atom is -0.340 e. The van der Waals surface area contributed by atoms with E-state index in [0.717, 1.165) is 59.5 Å². The molecule has 0 amide bonds. The van der Waals surface area contributed by atoms with E-state index in [9.17, 15) is 4.39 Å². The van der Waals surface area contributed by atoms with Crippen molar-refractivity contribution in [2.24, 2.45) is 0 Å². The van der Waals surface area contributed by atoms with E-state index in [1.54, 1.807) is 23.5 Å².